The zero-order chi connectivity index (χ0) is 13.5. The van der Waals surface area contributed by atoms with Gasteiger partial charge in [-0.1, -0.05) is 44.5 Å². The van der Waals surface area contributed by atoms with Gasteiger partial charge >= 0.3 is 0 Å². The molecule has 0 rings (SSSR count). The van der Waals surface area contributed by atoms with Gasteiger partial charge in [0.2, 0.25) is 0 Å². The summed E-state index contributed by atoms with van der Waals surface area (Å²) in [7, 11) is 0. The lowest BCUT2D eigenvalue weighted by molar-refractivity contribution is 0.288. The highest BCUT2D eigenvalue weighted by Gasteiger charge is 1.99. The summed E-state index contributed by atoms with van der Waals surface area (Å²) in [5, 5.41) is 0. The summed E-state index contributed by atoms with van der Waals surface area (Å²) in [6.45, 7) is 7.81. The maximum atomic E-state index is 8.46. The molecular formula is C15H24N2S. The second-order valence-electron chi connectivity index (χ2n) is 4.05. The summed E-state index contributed by atoms with van der Waals surface area (Å²) < 4.78 is 8.46. The van der Waals surface area contributed by atoms with Gasteiger partial charge in [-0.05, 0) is 19.5 Å². The maximum Gasteiger partial charge on any atom is 0.104 e. The Balaban J connectivity index is 3.65. The molecule has 2 nitrogen and oxygen atoms in total. The van der Waals surface area contributed by atoms with Gasteiger partial charge in [0.25, 0.3) is 0 Å². The first-order chi connectivity index (χ1) is 8.85. The molecule has 0 aromatic heterocycles. The molecule has 0 aliphatic carbocycles. The molecular weight excluding hydrogens is 240 g/mol. The van der Waals surface area contributed by atoms with Crippen LogP contribution in [0.4, 0.5) is 0 Å². The maximum absolute atomic E-state index is 8.46. The highest BCUT2D eigenvalue weighted by atomic mass is 32.1. The van der Waals surface area contributed by atoms with Crippen LogP contribution >= 0.6 is 11.4 Å². The smallest absolute Gasteiger partial charge is 0.104 e. The molecule has 0 radical (unpaired) electrons. The number of hydrogen-bond donors (Lipinski definition) is 0. The first-order valence-electron chi connectivity index (χ1n) is 6.75. The van der Waals surface area contributed by atoms with Crippen molar-refractivity contribution in [3.05, 3.63) is 0 Å². The lowest BCUT2D eigenvalue weighted by Gasteiger charge is -2.18. The van der Waals surface area contributed by atoms with E-state index < -0.39 is 0 Å². The molecule has 0 atom stereocenters. The van der Waals surface area contributed by atoms with E-state index in [0.29, 0.717) is 12.2 Å². The minimum absolute atomic E-state index is 0.475. The topological polar surface area (TPSA) is 27.0 Å². The van der Waals surface area contributed by atoms with Crippen LogP contribution in [0.5, 0.6) is 0 Å². The Kier molecular flexibility index (Phi) is 13.3. The number of unbranched alkanes of at least 4 members (excludes halogenated alkanes) is 2. The minimum atomic E-state index is 0.475. The molecule has 0 unspecified atom stereocenters. The van der Waals surface area contributed by atoms with Gasteiger partial charge < -0.3 is 4.90 Å². The Hall–Kier alpha value is -0.990. The number of hydrogen-bond acceptors (Lipinski definition) is 2. The van der Waals surface area contributed by atoms with Gasteiger partial charge in [-0.3, -0.25) is 0 Å². The van der Waals surface area contributed by atoms with Crippen molar-refractivity contribution < 1.29 is 0 Å². The summed E-state index contributed by atoms with van der Waals surface area (Å²) in [4.78, 5) is 2.46. The van der Waals surface area contributed by atoms with Crippen LogP contribution in [-0.2, 0) is 0 Å². The van der Waals surface area contributed by atoms with Crippen LogP contribution in [0.25, 0.3) is 0 Å². The summed E-state index contributed by atoms with van der Waals surface area (Å²) >= 11 is 0.758. The Bertz CT molecular complexity index is 349. The van der Waals surface area contributed by atoms with Gasteiger partial charge in [0, 0.05) is 24.4 Å². The monoisotopic (exact) mass is 264 g/mol. The van der Waals surface area contributed by atoms with Crippen LogP contribution in [0.3, 0.4) is 0 Å². The van der Waals surface area contributed by atoms with Crippen molar-refractivity contribution in [1.82, 2.24) is 4.90 Å². The number of rotatable bonds is 7. The zero-order valence-electron chi connectivity index (χ0n) is 11.7. The van der Waals surface area contributed by atoms with Crippen LogP contribution in [0, 0.1) is 28.3 Å². The summed E-state index contributed by atoms with van der Waals surface area (Å²) in [5.74, 6) is 12.4. The Labute approximate surface area is 116 Å². The predicted octanol–water partition coefficient (Wildman–Crippen LogP) is 3.50. The third kappa shape index (κ3) is 11.5. The van der Waals surface area contributed by atoms with Crippen LogP contribution in [-0.4, -0.2) is 30.3 Å². The van der Waals surface area contributed by atoms with Crippen LogP contribution in [0.1, 0.15) is 46.0 Å². The molecule has 0 aliphatic rings. The first kappa shape index (κ1) is 17.0. The molecule has 100 valence electrons. The van der Waals surface area contributed by atoms with Crippen molar-refractivity contribution in [2.24, 2.45) is 0 Å². The predicted molar refractivity (Wildman–Crippen MR) is 80.6 cm³/mol. The van der Waals surface area contributed by atoms with E-state index in [-0.39, 0.29) is 0 Å². The highest BCUT2D eigenvalue weighted by molar-refractivity contribution is 7.85. The average Bonchev–Trinajstić information content (AvgIpc) is 2.40. The Morgan fingerprint density at radius 3 is 2.44 bits per heavy atom. The summed E-state index contributed by atoms with van der Waals surface area (Å²) in [5.41, 5.74) is 0. The minimum Gasteiger partial charge on any atom is -0.303 e. The van der Waals surface area contributed by atoms with E-state index in [1.165, 1.54) is 25.8 Å². The number of nitrogens with zero attached hydrogens (tertiary/aromatic N) is 2. The summed E-state index contributed by atoms with van der Waals surface area (Å²) in [6, 6.07) is 0. The molecule has 0 aliphatic heterocycles. The van der Waals surface area contributed by atoms with E-state index >= 15 is 0 Å². The van der Waals surface area contributed by atoms with Gasteiger partial charge in [0.1, 0.15) is 5.75 Å². The van der Waals surface area contributed by atoms with E-state index in [1.54, 1.807) is 0 Å². The van der Waals surface area contributed by atoms with Crippen molar-refractivity contribution in [1.29, 1.82) is 4.61 Å². The van der Waals surface area contributed by atoms with Crippen molar-refractivity contribution >= 4 is 11.4 Å². The van der Waals surface area contributed by atoms with Gasteiger partial charge in [-0.2, -0.15) is 4.61 Å². The van der Waals surface area contributed by atoms with E-state index in [1.807, 2.05) is 0 Å². The molecule has 0 N–H and O–H groups in total. The van der Waals surface area contributed by atoms with Crippen molar-refractivity contribution in [2.45, 2.75) is 46.0 Å². The standard InChI is InChI=1S/C15H24N2S/c1-3-5-10-13-17(4-2)14-11-8-6-7-9-12-15-18-16/h3-5,7,10-11,13-15H2,1-2H3. The highest BCUT2D eigenvalue weighted by Crippen LogP contribution is 1.98. The summed E-state index contributed by atoms with van der Waals surface area (Å²) in [6.07, 6.45) is 5.43. The van der Waals surface area contributed by atoms with Crippen molar-refractivity contribution in [3.8, 4) is 23.7 Å². The van der Waals surface area contributed by atoms with Crippen LogP contribution in [0.15, 0.2) is 0 Å². The molecule has 0 aromatic rings. The van der Waals surface area contributed by atoms with Gasteiger partial charge in [-0.25, -0.2) is 0 Å². The zero-order valence-corrected chi connectivity index (χ0v) is 12.5. The van der Waals surface area contributed by atoms with E-state index in [9.17, 15) is 0 Å². The van der Waals surface area contributed by atoms with Crippen molar-refractivity contribution in [3.63, 3.8) is 0 Å². The SMILES string of the molecule is CCCCCN(CC)CCC#CCC#CCS#N. The molecule has 0 saturated heterocycles. The first-order valence-corrected chi connectivity index (χ1v) is 7.69. The van der Waals surface area contributed by atoms with E-state index in [2.05, 4.69) is 42.4 Å². The second-order valence-corrected chi connectivity index (χ2v) is 4.60. The molecule has 3 heteroatoms. The fourth-order valence-electron chi connectivity index (χ4n) is 1.57. The Morgan fingerprint density at radius 1 is 1.00 bits per heavy atom. The van der Waals surface area contributed by atoms with Gasteiger partial charge in [-0.15, -0.1) is 5.92 Å². The fourth-order valence-corrected chi connectivity index (χ4v) is 1.73. The molecule has 18 heavy (non-hydrogen) atoms. The molecule has 0 heterocycles. The lowest BCUT2D eigenvalue weighted by atomic mass is 10.2. The van der Waals surface area contributed by atoms with E-state index in [4.69, 9.17) is 4.61 Å². The normalized spacial score (nSPS) is 9.22. The molecule has 0 bridgehead atoms. The van der Waals surface area contributed by atoms with Crippen LogP contribution in [0.2, 0.25) is 0 Å². The van der Waals surface area contributed by atoms with Gasteiger partial charge in [0.05, 0.1) is 6.42 Å². The molecule has 0 saturated carbocycles. The average molecular weight is 264 g/mol. The van der Waals surface area contributed by atoms with Crippen LogP contribution < -0.4 is 0 Å². The molecule has 0 fully saturated rings. The molecule has 0 aromatic carbocycles. The van der Waals surface area contributed by atoms with Crippen molar-refractivity contribution in [2.75, 3.05) is 25.4 Å². The fraction of sp³-hybridized carbons (Fsp3) is 0.733. The molecule has 0 amide bonds. The third-order valence-electron chi connectivity index (χ3n) is 2.64. The Morgan fingerprint density at radius 2 is 1.78 bits per heavy atom. The van der Waals surface area contributed by atoms with E-state index in [0.717, 1.165) is 30.9 Å². The largest absolute Gasteiger partial charge is 0.303 e. The second kappa shape index (κ2) is 14.1. The quantitative estimate of drug-likeness (QED) is 0.520. The lowest BCUT2D eigenvalue weighted by Crippen LogP contribution is -2.25. The molecule has 0 spiro atoms. The van der Waals surface area contributed by atoms with Gasteiger partial charge in [0.15, 0.2) is 0 Å². The third-order valence-corrected chi connectivity index (χ3v) is 2.92.